The molecule has 0 radical (unpaired) electrons. The predicted octanol–water partition coefficient (Wildman–Crippen LogP) is 3.23. The molecule has 0 aromatic rings. The third-order valence-corrected chi connectivity index (χ3v) is 3.88. The van der Waals surface area contributed by atoms with Crippen molar-refractivity contribution in [1.82, 2.24) is 0 Å². The number of hydrogen-bond acceptors (Lipinski definition) is 4. The first-order valence-corrected chi connectivity index (χ1v) is 7.81. The van der Waals surface area contributed by atoms with Crippen LogP contribution in [0.15, 0.2) is 16.8 Å². The molecule has 0 fully saturated rings. The Kier molecular flexibility index (Phi) is 8.25. The largest absolute Gasteiger partial charge is 0.481 e. The zero-order valence-corrected chi connectivity index (χ0v) is 13.1. The summed E-state index contributed by atoms with van der Waals surface area (Å²) in [5, 5.41) is 21.6. The molecule has 6 nitrogen and oxygen atoms in total. The van der Waals surface area contributed by atoms with Crippen LogP contribution >= 0.6 is 0 Å². The molecule has 22 heavy (non-hydrogen) atoms. The molecule has 1 aliphatic carbocycles. The number of carboxylic acids is 2. The molecule has 1 rings (SSSR count). The summed E-state index contributed by atoms with van der Waals surface area (Å²) in [5.41, 5.74) is 2.33. The van der Waals surface area contributed by atoms with Gasteiger partial charge in [-0.25, -0.2) is 0 Å². The van der Waals surface area contributed by atoms with Gasteiger partial charge in [0.05, 0.1) is 5.71 Å². The van der Waals surface area contributed by atoms with Crippen molar-refractivity contribution in [3.8, 4) is 0 Å². The van der Waals surface area contributed by atoms with Crippen molar-refractivity contribution in [3.05, 3.63) is 11.6 Å². The Bertz CT molecular complexity index is 428. The van der Waals surface area contributed by atoms with E-state index < -0.39 is 17.9 Å². The molecule has 6 heteroatoms. The van der Waals surface area contributed by atoms with Gasteiger partial charge in [0.25, 0.3) is 0 Å². The van der Waals surface area contributed by atoms with Crippen molar-refractivity contribution in [1.29, 1.82) is 0 Å². The summed E-state index contributed by atoms with van der Waals surface area (Å²) < 4.78 is 0. The number of rotatable bonds is 11. The van der Waals surface area contributed by atoms with Crippen LogP contribution < -0.4 is 0 Å². The van der Waals surface area contributed by atoms with Crippen LogP contribution in [0.4, 0.5) is 0 Å². The Labute approximate surface area is 130 Å². The third kappa shape index (κ3) is 6.28. The summed E-state index contributed by atoms with van der Waals surface area (Å²) in [6.07, 6.45) is 10.0. The molecule has 0 saturated heterocycles. The summed E-state index contributed by atoms with van der Waals surface area (Å²) in [5.74, 6) is -3.76. The molecule has 0 aromatic carbocycles. The summed E-state index contributed by atoms with van der Waals surface area (Å²) in [6, 6.07) is 0. The molecule has 0 amide bonds. The van der Waals surface area contributed by atoms with Gasteiger partial charge < -0.3 is 15.1 Å². The lowest BCUT2D eigenvalue weighted by Gasteiger charge is -2.07. The summed E-state index contributed by atoms with van der Waals surface area (Å²) in [4.78, 5) is 26.3. The van der Waals surface area contributed by atoms with E-state index in [4.69, 9.17) is 15.1 Å². The van der Waals surface area contributed by atoms with Gasteiger partial charge in [0, 0.05) is 0 Å². The second-order valence-corrected chi connectivity index (χ2v) is 5.52. The highest BCUT2D eigenvalue weighted by Gasteiger charge is 2.24. The van der Waals surface area contributed by atoms with Gasteiger partial charge in [0.1, 0.15) is 7.11 Å². The maximum Gasteiger partial charge on any atom is 0.317 e. The highest BCUT2D eigenvalue weighted by Crippen LogP contribution is 2.22. The Morgan fingerprint density at radius 3 is 2.45 bits per heavy atom. The number of unbranched alkanes of at least 4 members (excludes halogenated alkanes) is 4. The molecular weight excluding hydrogens is 286 g/mol. The van der Waals surface area contributed by atoms with Crippen molar-refractivity contribution in [3.63, 3.8) is 0 Å². The van der Waals surface area contributed by atoms with Gasteiger partial charge in [0.2, 0.25) is 0 Å². The summed E-state index contributed by atoms with van der Waals surface area (Å²) >= 11 is 0. The summed E-state index contributed by atoms with van der Waals surface area (Å²) in [7, 11) is 1.56. The molecule has 0 aromatic heterocycles. The molecule has 0 aliphatic heterocycles. The first kappa shape index (κ1) is 18.2. The molecule has 0 saturated carbocycles. The van der Waals surface area contributed by atoms with Crippen molar-refractivity contribution in [2.45, 2.75) is 57.8 Å². The minimum atomic E-state index is -1.27. The lowest BCUT2D eigenvalue weighted by molar-refractivity contribution is -0.154. The SMILES string of the molecule is CON=C1CCC=C1CCCCCCCC(C(=O)O)C(=O)O. The molecule has 0 heterocycles. The maximum absolute atomic E-state index is 10.7. The fourth-order valence-electron chi connectivity index (χ4n) is 2.67. The lowest BCUT2D eigenvalue weighted by atomic mass is 9.99. The van der Waals surface area contributed by atoms with Crippen LogP contribution in [0.5, 0.6) is 0 Å². The van der Waals surface area contributed by atoms with E-state index in [0.29, 0.717) is 6.42 Å². The molecule has 0 unspecified atom stereocenters. The van der Waals surface area contributed by atoms with Crippen LogP contribution in [0.3, 0.4) is 0 Å². The molecular formula is C16H25NO5. The molecule has 0 bridgehead atoms. The van der Waals surface area contributed by atoms with Gasteiger partial charge in [-0.15, -0.1) is 0 Å². The number of aliphatic carboxylic acids is 2. The van der Waals surface area contributed by atoms with E-state index in [1.807, 2.05) is 0 Å². The molecule has 0 atom stereocenters. The van der Waals surface area contributed by atoms with Gasteiger partial charge >= 0.3 is 11.9 Å². The van der Waals surface area contributed by atoms with E-state index in [-0.39, 0.29) is 6.42 Å². The van der Waals surface area contributed by atoms with Gasteiger partial charge in [-0.05, 0) is 37.7 Å². The minimum absolute atomic E-state index is 0.209. The monoisotopic (exact) mass is 311 g/mol. The molecule has 0 spiro atoms. The number of carboxylic acid groups (broad SMARTS) is 2. The van der Waals surface area contributed by atoms with E-state index in [2.05, 4.69) is 11.2 Å². The quantitative estimate of drug-likeness (QED) is 0.347. The van der Waals surface area contributed by atoms with Crippen LogP contribution in [0.1, 0.15) is 57.8 Å². The fourth-order valence-corrected chi connectivity index (χ4v) is 2.67. The average molecular weight is 311 g/mol. The fraction of sp³-hybridized carbons (Fsp3) is 0.688. The van der Waals surface area contributed by atoms with E-state index in [9.17, 15) is 9.59 Å². The van der Waals surface area contributed by atoms with Crippen LogP contribution in [0.25, 0.3) is 0 Å². The zero-order chi connectivity index (χ0) is 16.4. The smallest absolute Gasteiger partial charge is 0.317 e. The van der Waals surface area contributed by atoms with Crippen molar-refractivity contribution < 1.29 is 24.6 Å². The van der Waals surface area contributed by atoms with Crippen LogP contribution in [0, 0.1) is 5.92 Å². The van der Waals surface area contributed by atoms with Crippen molar-refractivity contribution in [2.24, 2.45) is 11.1 Å². The van der Waals surface area contributed by atoms with Gasteiger partial charge in [-0.2, -0.15) is 0 Å². The maximum atomic E-state index is 10.7. The van der Waals surface area contributed by atoms with Gasteiger partial charge in [0.15, 0.2) is 5.92 Å². The molecule has 2 N–H and O–H groups in total. The third-order valence-electron chi connectivity index (χ3n) is 3.88. The molecule has 1 aliphatic rings. The average Bonchev–Trinajstić information content (AvgIpc) is 2.88. The Morgan fingerprint density at radius 2 is 1.82 bits per heavy atom. The lowest BCUT2D eigenvalue weighted by Crippen LogP contribution is -2.23. The van der Waals surface area contributed by atoms with Crippen LogP contribution in [-0.4, -0.2) is 35.0 Å². The van der Waals surface area contributed by atoms with E-state index in [1.54, 1.807) is 7.11 Å². The van der Waals surface area contributed by atoms with E-state index in [1.165, 1.54) is 5.57 Å². The molecule has 124 valence electrons. The van der Waals surface area contributed by atoms with Crippen molar-refractivity contribution in [2.75, 3.05) is 7.11 Å². The van der Waals surface area contributed by atoms with E-state index in [0.717, 1.165) is 50.7 Å². The van der Waals surface area contributed by atoms with Gasteiger partial charge in [-0.1, -0.05) is 36.9 Å². The topological polar surface area (TPSA) is 96.2 Å². The second-order valence-electron chi connectivity index (χ2n) is 5.52. The first-order chi connectivity index (χ1) is 10.6. The Balaban J connectivity index is 2.10. The minimum Gasteiger partial charge on any atom is -0.481 e. The van der Waals surface area contributed by atoms with Gasteiger partial charge in [-0.3, -0.25) is 9.59 Å². The number of allylic oxidation sites excluding steroid dienone is 2. The number of nitrogens with zero attached hydrogens (tertiary/aromatic N) is 1. The predicted molar refractivity (Wildman–Crippen MR) is 82.8 cm³/mol. The first-order valence-electron chi connectivity index (χ1n) is 7.81. The summed E-state index contributed by atoms with van der Waals surface area (Å²) in [6.45, 7) is 0. The Hall–Kier alpha value is -1.85. The Morgan fingerprint density at radius 1 is 1.18 bits per heavy atom. The van der Waals surface area contributed by atoms with Crippen LogP contribution in [0.2, 0.25) is 0 Å². The van der Waals surface area contributed by atoms with Crippen molar-refractivity contribution >= 4 is 17.7 Å². The zero-order valence-electron chi connectivity index (χ0n) is 13.1. The highest BCUT2D eigenvalue weighted by molar-refractivity contribution is 6.01. The van der Waals surface area contributed by atoms with E-state index >= 15 is 0 Å². The normalized spacial score (nSPS) is 16.1. The van der Waals surface area contributed by atoms with Crippen LogP contribution in [-0.2, 0) is 14.4 Å². The number of carbonyl (C=O) groups is 2. The second kappa shape index (κ2) is 9.97. The standard InChI is InChI=1S/C16H25NO5/c1-22-17-14-11-7-9-12(14)8-5-3-2-4-6-10-13(15(18)19)16(20)21/h9,13H,2-8,10-11H2,1H3,(H,18,19)(H,20,21). The highest BCUT2D eigenvalue weighted by atomic mass is 16.6. The number of hydrogen-bond donors (Lipinski definition) is 2. The number of oxime groups is 1.